The van der Waals surface area contributed by atoms with Crippen molar-refractivity contribution >= 4 is 11.6 Å². The molecule has 0 aromatic heterocycles. The zero-order valence-corrected chi connectivity index (χ0v) is 15.8. The second kappa shape index (κ2) is 7.69. The Bertz CT molecular complexity index is 997. The first kappa shape index (κ1) is 18.0. The summed E-state index contributed by atoms with van der Waals surface area (Å²) in [6, 6.07) is 24.3. The highest BCUT2D eigenvalue weighted by molar-refractivity contribution is 6.07. The van der Waals surface area contributed by atoms with Crippen LogP contribution in [0.15, 0.2) is 78.9 Å². The first-order valence-electron chi connectivity index (χ1n) is 9.44. The van der Waals surface area contributed by atoms with Crippen LogP contribution >= 0.6 is 0 Å². The van der Waals surface area contributed by atoms with Crippen LogP contribution in [0.25, 0.3) is 0 Å². The van der Waals surface area contributed by atoms with Crippen molar-refractivity contribution in [2.24, 2.45) is 0 Å². The van der Waals surface area contributed by atoms with E-state index in [1.165, 1.54) is 0 Å². The van der Waals surface area contributed by atoms with E-state index in [9.17, 15) is 4.79 Å². The van der Waals surface area contributed by atoms with E-state index in [0.29, 0.717) is 24.6 Å². The number of carbonyl (C=O) groups excluding carboxylic acids is 1. The van der Waals surface area contributed by atoms with Gasteiger partial charge in [0.2, 0.25) is 0 Å². The summed E-state index contributed by atoms with van der Waals surface area (Å²) < 4.78 is 5.49. The zero-order chi connectivity index (χ0) is 19.5. The Balaban J connectivity index is 1.71. The molecule has 1 atom stereocenters. The predicted molar refractivity (Wildman–Crippen MR) is 110 cm³/mol. The average molecular weight is 370 g/mol. The molecule has 1 aliphatic heterocycles. The molecule has 0 amide bonds. The molecule has 0 aliphatic carbocycles. The zero-order valence-electron chi connectivity index (χ0n) is 15.8. The third kappa shape index (κ3) is 3.29. The van der Waals surface area contributed by atoms with Crippen molar-refractivity contribution in [1.82, 2.24) is 4.90 Å². The van der Waals surface area contributed by atoms with E-state index in [0.717, 1.165) is 22.4 Å². The maximum atomic E-state index is 13.5. The topological polar surface area (TPSA) is 53.4 Å². The Morgan fingerprint density at radius 2 is 1.68 bits per heavy atom. The van der Waals surface area contributed by atoms with Gasteiger partial charge in [-0.15, -0.1) is 0 Å². The smallest absolute Gasteiger partial charge is 0.189 e. The van der Waals surface area contributed by atoms with Crippen LogP contribution in [0.1, 0.15) is 40.0 Å². The fourth-order valence-corrected chi connectivity index (χ4v) is 3.68. The summed E-state index contributed by atoms with van der Waals surface area (Å²) >= 11 is 0. The molecule has 1 N–H and O–H groups in total. The van der Waals surface area contributed by atoms with Gasteiger partial charge >= 0.3 is 0 Å². The number of fused-ring (bicyclic) bond motifs is 1. The number of ketones is 1. The Morgan fingerprint density at radius 1 is 1.00 bits per heavy atom. The van der Waals surface area contributed by atoms with Gasteiger partial charge in [-0.2, -0.15) is 0 Å². The Kier molecular flexibility index (Phi) is 4.94. The molecule has 0 spiro atoms. The molecule has 1 heterocycles. The van der Waals surface area contributed by atoms with Crippen LogP contribution in [0.2, 0.25) is 0 Å². The number of Topliss-reactive ketones (excluding diaryl/α,β-unsaturated/α-hetero) is 1. The number of carbonyl (C=O) groups is 1. The van der Waals surface area contributed by atoms with Crippen molar-refractivity contribution < 1.29 is 9.53 Å². The number of benzene rings is 3. The van der Waals surface area contributed by atoms with Crippen molar-refractivity contribution in [3.63, 3.8) is 0 Å². The van der Waals surface area contributed by atoms with Crippen LogP contribution in [0, 0.1) is 5.41 Å². The summed E-state index contributed by atoms with van der Waals surface area (Å²) in [4.78, 5) is 15.4. The van der Waals surface area contributed by atoms with Crippen LogP contribution in [0.4, 0.5) is 0 Å². The largest absolute Gasteiger partial charge is 0.494 e. The second-order valence-electron chi connectivity index (χ2n) is 6.77. The molecule has 0 radical (unpaired) electrons. The van der Waals surface area contributed by atoms with Gasteiger partial charge in [0.15, 0.2) is 5.78 Å². The van der Waals surface area contributed by atoms with Crippen molar-refractivity contribution in [1.29, 1.82) is 5.41 Å². The van der Waals surface area contributed by atoms with Crippen molar-refractivity contribution in [2.45, 2.75) is 19.5 Å². The number of nitrogens with one attached hydrogen (secondary N) is 1. The van der Waals surface area contributed by atoms with Crippen LogP contribution < -0.4 is 4.74 Å². The van der Waals surface area contributed by atoms with Crippen molar-refractivity contribution in [3.05, 3.63) is 101 Å². The molecule has 4 nitrogen and oxygen atoms in total. The quantitative estimate of drug-likeness (QED) is 0.631. The van der Waals surface area contributed by atoms with E-state index in [-0.39, 0.29) is 5.78 Å². The predicted octanol–water partition coefficient (Wildman–Crippen LogP) is 4.85. The summed E-state index contributed by atoms with van der Waals surface area (Å²) in [7, 11) is 0. The van der Waals surface area contributed by atoms with E-state index in [1.54, 1.807) is 12.1 Å². The average Bonchev–Trinajstić information content (AvgIpc) is 3.06. The lowest BCUT2D eigenvalue weighted by Crippen LogP contribution is -2.34. The molecule has 1 unspecified atom stereocenters. The number of hydrogen-bond donors (Lipinski definition) is 1. The number of rotatable bonds is 6. The first-order chi connectivity index (χ1) is 13.7. The molecule has 0 saturated carbocycles. The minimum Gasteiger partial charge on any atom is -0.494 e. The van der Waals surface area contributed by atoms with Crippen LogP contribution in [-0.2, 0) is 6.54 Å². The molecule has 3 aromatic carbocycles. The van der Waals surface area contributed by atoms with Gasteiger partial charge in [0.25, 0.3) is 0 Å². The van der Waals surface area contributed by atoms with Gasteiger partial charge in [-0.3, -0.25) is 10.2 Å². The third-order valence-corrected chi connectivity index (χ3v) is 5.03. The van der Waals surface area contributed by atoms with Gasteiger partial charge in [-0.05, 0) is 42.3 Å². The molecular weight excluding hydrogens is 348 g/mol. The Labute approximate surface area is 164 Å². The summed E-state index contributed by atoms with van der Waals surface area (Å²) in [5, 5.41) is 8.67. The highest BCUT2D eigenvalue weighted by Crippen LogP contribution is 2.33. The molecule has 1 aliphatic rings. The maximum Gasteiger partial charge on any atom is 0.189 e. The van der Waals surface area contributed by atoms with E-state index in [1.807, 2.05) is 78.6 Å². The molecule has 28 heavy (non-hydrogen) atoms. The van der Waals surface area contributed by atoms with Gasteiger partial charge in [0.1, 0.15) is 17.6 Å². The summed E-state index contributed by atoms with van der Waals surface area (Å²) in [6.07, 6.45) is 0. The normalized spacial score (nSPS) is 13.9. The number of amidine groups is 1. The maximum absolute atomic E-state index is 13.5. The van der Waals surface area contributed by atoms with Crippen molar-refractivity contribution in [3.8, 4) is 5.75 Å². The van der Waals surface area contributed by atoms with Gasteiger partial charge in [0.05, 0.1) is 6.61 Å². The third-order valence-electron chi connectivity index (χ3n) is 5.03. The van der Waals surface area contributed by atoms with E-state index < -0.39 is 6.04 Å². The Morgan fingerprint density at radius 3 is 2.36 bits per heavy atom. The summed E-state index contributed by atoms with van der Waals surface area (Å²) in [5.74, 6) is 1.12. The summed E-state index contributed by atoms with van der Waals surface area (Å²) in [6.45, 7) is 3.07. The minimum absolute atomic E-state index is 0.0215. The van der Waals surface area contributed by atoms with Gasteiger partial charge in [0, 0.05) is 17.7 Å². The number of ether oxygens (including phenoxy) is 1. The SMILES string of the molecule is CCOc1ccc(C(=O)C(c2ccccc2)N2Cc3ccccc3C2=N)cc1. The van der Waals surface area contributed by atoms with Crippen molar-refractivity contribution in [2.75, 3.05) is 6.61 Å². The van der Waals surface area contributed by atoms with E-state index in [4.69, 9.17) is 10.1 Å². The lowest BCUT2D eigenvalue weighted by Gasteiger charge is -2.29. The highest BCUT2D eigenvalue weighted by atomic mass is 16.5. The lowest BCUT2D eigenvalue weighted by atomic mass is 9.96. The number of hydrogen-bond acceptors (Lipinski definition) is 3. The molecule has 0 saturated heterocycles. The fourth-order valence-electron chi connectivity index (χ4n) is 3.68. The van der Waals surface area contributed by atoms with Crippen LogP contribution in [-0.4, -0.2) is 23.1 Å². The van der Waals surface area contributed by atoms with Gasteiger partial charge in [-0.1, -0.05) is 54.6 Å². The van der Waals surface area contributed by atoms with Crippen LogP contribution in [0.3, 0.4) is 0 Å². The fraction of sp³-hybridized carbons (Fsp3) is 0.167. The molecular formula is C24H22N2O2. The summed E-state index contributed by atoms with van der Waals surface area (Å²) in [5.41, 5.74) is 3.47. The molecule has 0 fully saturated rings. The van der Waals surface area contributed by atoms with Gasteiger partial charge < -0.3 is 9.64 Å². The Hall–Kier alpha value is -3.40. The monoisotopic (exact) mass is 370 g/mol. The highest BCUT2D eigenvalue weighted by Gasteiger charge is 2.35. The molecule has 0 bridgehead atoms. The van der Waals surface area contributed by atoms with Crippen LogP contribution in [0.5, 0.6) is 5.75 Å². The standard InChI is InChI=1S/C24H22N2O2/c1-2-28-20-14-12-18(13-15-20)23(27)22(17-8-4-3-5-9-17)26-16-19-10-6-7-11-21(19)24(26)25/h3-15,22,25H,2,16H2,1H3. The molecule has 3 aromatic rings. The number of nitrogens with zero attached hydrogens (tertiary/aromatic N) is 1. The first-order valence-corrected chi connectivity index (χ1v) is 9.44. The minimum atomic E-state index is -0.543. The van der Waals surface area contributed by atoms with E-state index >= 15 is 0 Å². The molecule has 4 heteroatoms. The van der Waals surface area contributed by atoms with Gasteiger partial charge in [-0.25, -0.2) is 0 Å². The van der Waals surface area contributed by atoms with E-state index in [2.05, 4.69) is 0 Å². The lowest BCUT2D eigenvalue weighted by molar-refractivity contribution is 0.0886. The molecule has 4 rings (SSSR count). The molecule has 140 valence electrons. The second-order valence-corrected chi connectivity index (χ2v) is 6.77.